The lowest BCUT2D eigenvalue weighted by Crippen LogP contribution is -2.44. The molecule has 0 atom stereocenters. The third-order valence-electron chi connectivity index (χ3n) is 4.92. The zero-order valence-electron chi connectivity index (χ0n) is 18.6. The molecule has 1 heterocycles. The minimum absolute atomic E-state index is 0.0959. The SMILES string of the molecule is C=CCN(CC(=O)N(Cc1ccccc1)Cc1ccc(C)o1)C(=O)COc1ccc(Cl)cc1. The minimum atomic E-state index is -0.313. The van der Waals surface area contributed by atoms with Gasteiger partial charge in [-0.05, 0) is 48.9 Å². The normalized spacial score (nSPS) is 10.5. The first-order chi connectivity index (χ1) is 15.9. The van der Waals surface area contributed by atoms with E-state index in [4.69, 9.17) is 20.8 Å². The summed E-state index contributed by atoms with van der Waals surface area (Å²) in [6.07, 6.45) is 1.59. The van der Waals surface area contributed by atoms with Gasteiger partial charge in [0.2, 0.25) is 5.91 Å². The van der Waals surface area contributed by atoms with Gasteiger partial charge in [-0.3, -0.25) is 9.59 Å². The summed E-state index contributed by atoms with van der Waals surface area (Å²) in [5.74, 6) is 1.47. The first kappa shape index (κ1) is 24.1. The smallest absolute Gasteiger partial charge is 0.261 e. The lowest BCUT2D eigenvalue weighted by molar-refractivity contribution is -0.142. The van der Waals surface area contributed by atoms with Crippen LogP contribution in [0, 0.1) is 6.92 Å². The van der Waals surface area contributed by atoms with Crippen LogP contribution in [0.1, 0.15) is 17.1 Å². The van der Waals surface area contributed by atoms with Crippen molar-refractivity contribution in [3.05, 3.63) is 101 Å². The van der Waals surface area contributed by atoms with Gasteiger partial charge in [0.15, 0.2) is 6.61 Å². The molecule has 0 unspecified atom stereocenters. The molecule has 0 radical (unpaired) electrons. The number of benzene rings is 2. The maximum absolute atomic E-state index is 13.3. The van der Waals surface area contributed by atoms with Crippen molar-refractivity contribution in [3.8, 4) is 5.75 Å². The Morgan fingerprint density at radius 2 is 1.70 bits per heavy atom. The summed E-state index contributed by atoms with van der Waals surface area (Å²) in [5, 5.41) is 0.581. The summed E-state index contributed by atoms with van der Waals surface area (Å²) in [6.45, 7) is 6.21. The van der Waals surface area contributed by atoms with Gasteiger partial charge < -0.3 is 19.0 Å². The first-order valence-electron chi connectivity index (χ1n) is 10.6. The van der Waals surface area contributed by atoms with Crippen LogP contribution in [0.25, 0.3) is 0 Å². The lowest BCUT2D eigenvalue weighted by atomic mass is 10.2. The quantitative estimate of drug-likeness (QED) is 0.378. The van der Waals surface area contributed by atoms with E-state index in [1.54, 1.807) is 35.2 Å². The molecular formula is C26H27ClN2O4. The van der Waals surface area contributed by atoms with Crippen LogP contribution in [0.5, 0.6) is 5.75 Å². The van der Waals surface area contributed by atoms with E-state index in [2.05, 4.69) is 6.58 Å². The lowest BCUT2D eigenvalue weighted by Gasteiger charge is -2.27. The number of rotatable bonds is 11. The molecule has 0 aliphatic heterocycles. The van der Waals surface area contributed by atoms with Crippen molar-refractivity contribution in [3.63, 3.8) is 0 Å². The Bertz CT molecular complexity index is 1060. The van der Waals surface area contributed by atoms with Gasteiger partial charge in [0.25, 0.3) is 5.91 Å². The molecule has 3 aromatic rings. The van der Waals surface area contributed by atoms with Crippen LogP contribution < -0.4 is 4.74 Å². The van der Waals surface area contributed by atoms with Gasteiger partial charge in [0, 0.05) is 18.1 Å². The van der Waals surface area contributed by atoms with Crippen LogP contribution in [0.15, 0.2) is 83.8 Å². The van der Waals surface area contributed by atoms with Gasteiger partial charge >= 0.3 is 0 Å². The highest BCUT2D eigenvalue weighted by atomic mass is 35.5. The number of hydrogen-bond acceptors (Lipinski definition) is 4. The molecule has 6 nitrogen and oxygen atoms in total. The third-order valence-corrected chi connectivity index (χ3v) is 5.17. The van der Waals surface area contributed by atoms with E-state index in [9.17, 15) is 9.59 Å². The Labute approximate surface area is 199 Å². The minimum Gasteiger partial charge on any atom is -0.484 e. The van der Waals surface area contributed by atoms with Crippen molar-refractivity contribution < 1.29 is 18.7 Å². The van der Waals surface area contributed by atoms with Crippen molar-refractivity contribution in [1.82, 2.24) is 9.80 Å². The average Bonchev–Trinajstić information content (AvgIpc) is 3.23. The van der Waals surface area contributed by atoms with Crippen molar-refractivity contribution in [1.29, 1.82) is 0 Å². The van der Waals surface area contributed by atoms with Crippen LogP contribution in [0.2, 0.25) is 5.02 Å². The highest BCUT2D eigenvalue weighted by Gasteiger charge is 2.22. The molecule has 0 aliphatic rings. The van der Waals surface area contributed by atoms with Crippen LogP contribution >= 0.6 is 11.6 Å². The summed E-state index contributed by atoms with van der Waals surface area (Å²) in [7, 11) is 0. The Morgan fingerprint density at radius 1 is 0.970 bits per heavy atom. The van der Waals surface area contributed by atoms with Crippen molar-refractivity contribution in [2.45, 2.75) is 20.0 Å². The second-order valence-electron chi connectivity index (χ2n) is 7.55. The summed E-state index contributed by atoms with van der Waals surface area (Å²) in [5.41, 5.74) is 0.988. The predicted octanol–water partition coefficient (Wildman–Crippen LogP) is 4.86. The van der Waals surface area contributed by atoms with Gasteiger partial charge in [0.1, 0.15) is 23.8 Å². The standard InChI is InChI=1S/C26H27ClN2O4/c1-3-15-28(26(31)19-32-23-13-10-22(27)11-14-23)18-25(30)29(16-21-7-5-4-6-8-21)17-24-12-9-20(2)33-24/h3-14H,1,15-19H2,2H3. The second-order valence-corrected chi connectivity index (χ2v) is 7.99. The van der Waals surface area contributed by atoms with E-state index in [0.717, 1.165) is 11.3 Å². The van der Waals surface area contributed by atoms with Gasteiger partial charge in [0.05, 0.1) is 6.54 Å². The molecule has 0 saturated heterocycles. The summed E-state index contributed by atoms with van der Waals surface area (Å²) in [6, 6.07) is 20.2. The van der Waals surface area contributed by atoms with Crippen LogP contribution in [0.4, 0.5) is 0 Å². The number of hydrogen-bond donors (Lipinski definition) is 0. The van der Waals surface area contributed by atoms with E-state index >= 15 is 0 Å². The molecule has 0 aliphatic carbocycles. The zero-order valence-corrected chi connectivity index (χ0v) is 19.3. The number of amides is 2. The van der Waals surface area contributed by atoms with Crippen LogP contribution in [0.3, 0.4) is 0 Å². The number of nitrogens with zero attached hydrogens (tertiary/aromatic N) is 2. The average molecular weight is 467 g/mol. The molecule has 0 saturated carbocycles. The molecule has 3 rings (SSSR count). The van der Waals surface area contributed by atoms with Gasteiger partial charge in [-0.15, -0.1) is 6.58 Å². The molecular weight excluding hydrogens is 440 g/mol. The number of carbonyl (C=O) groups is 2. The Hall–Kier alpha value is -3.51. The van der Waals surface area contributed by atoms with Crippen molar-refractivity contribution in [2.24, 2.45) is 0 Å². The molecule has 2 aromatic carbocycles. The number of aryl methyl sites for hydroxylation is 1. The van der Waals surface area contributed by atoms with Gasteiger partial charge in [-0.1, -0.05) is 48.0 Å². The molecule has 172 valence electrons. The maximum atomic E-state index is 13.3. The Balaban J connectivity index is 1.68. The van der Waals surface area contributed by atoms with E-state index in [0.29, 0.717) is 29.6 Å². The second kappa shape index (κ2) is 11.9. The van der Waals surface area contributed by atoms with E-state index in [1.165, 1.54) is 4.90 Å². The molecule has 2 amide bonds. The summed E-state index contributed by atoms with van der Waals surface area (Å²) in [4.78, 5) is 29.2. The molecule has 0 bridgehead atoms. The molecule has 33 heavy (non-hydrogen) atoms. The van der Waals surface area contributed by atoms with Gasteiger partial charge in [-0.25, -0.2) is 0 Å². The maximum Gasteiger partial charge on any atom is 0.261 e. The van der Waals surface area contributed by atoms with Crippen molar-refractivity contribution >= 4 is 23.4 Å². The van der Waals surface area contributed by atoms with E-state index in [1.807, 2.05) is 49.4 Å². The molecule has 1 aromatic heterocycles. The monoisotopic (exact) mass is 466 g/mol. The fourth-order valence-electron chi connectivity index (χ4n) is 3.24. The number of halogens is 1. The number of carbonyl (C=O) groups excluding carboxylic acids is 2. The highest BCUT2D eigenvalue weighted by Crippen LogP contribution is 2.16. The number of furan rings is 1. The summed E-state index contributed by atoms with van der Waals surface area (Å²) >= 11 is 5.88. The third kappa shape index (κ3) is 7.54. The van der Waals surface area contributed by atoms with Crippen LogP contribution in [-0.2, 0) is 22.7 Å². The highest BCUT2D eigenvalue weighted by molar-refractivity contribution is 6.30. The molecule has 0 N–H and O–H groups in total. The first-order valence-corrected chi connectivity index (χ1v) is 11.0. The summed E-state index contributed by atoms with van der Waals surface area (Å²) < 4.78 is 11.2. The number of ether oxygens (including phenoxy) is 1. The Morgan fingerprint density at radius 3 is 2.33 bits per heavy atom. The zero-order chi connectivity index (χ0) is 23.6. The van der Waals surface area contributed by atoms with Crippen LogP contribution in [-0.4, -0.2) is 41.3 Å². The van der Waals surface area contributed by atoms with E-state index < -0.39 is 0 Å². The molecule has 0 spiro atoms. The Kier molecular flexibility index (Phi) is 8.72. The fraction of sp³-hybridized carbons (Fsp3) is 0.231. The van der Waals surface area contributed by atoms with Gasteiger partial charge in [-0.2, -0.15) is 0 Å². The topological polar surface area (TPSA) is 63.0 Å². The van der Waals surface area contributed by atoms with Crippen molar-refractivity contribution in [2.75, 3.05) is 19.7 Å². The predicted molar refractivity (Wildman–Crippen MR) is 128 cm³/mol. The molecule has 0 fully saturated rings. The fourth-order valence-corrected chi connectivity index (χ4v) is 3.36. The molecule has 7 heteroatoms. The van der Waals surface area contributed by atoms with E-state index in [-0.39, 0.29) is 31.5 Å². The largest absolute Gasteiger partial charge is 0.484 e.